The van der Waals surface area contributed by atoms with Crippen LogP contribution in [0.3, 0.4) is 0 Å². The number of carbonyl (C=O) groups excluding carboxylic acids is 1. The highest BCUT2D eigenvalue weighted by Crippen LogP contribution is 2.14. The molecule has 11 heteroatoms. The quantitative estimate of drug-likeness (QED) is 0.379. The lowest BCUT2D eigenvalue weighted by Gasteiger charge is -2.16. The van der Waals surface area contributed by atoms with Gasteiger partial charge in [0.05, 0.1) is 18.1 Å². The van der Waals surface area contributed by atoms with Gasteiger partial charge in [0.2, 0.25) is 5.91 Å². The van der Waals surface area contributed by atoms with Gasteiger partial charge in [-0.2, -0.15) is 8.42 Å². The van der Waals surface area contributed by atoms with Crippen molar-refractivity contribution in [2.45, 2.75) is 30.2 Å². The third-order valence-corrected chi connectivity index (χ3v) is 4.61. The minimum absolute atomic E-state index is 0.000972. The van der Waals surface area contributed by atoms with Crippen LogP contribution >= 0.6 is 0 Å². The van der Waals surface area contributed by atoms with Crippen LogP contribution < -0.4 is 10.6 Å². The Balaban J connectivity index is 1.96. The number of carboxylic acid groups (broad SMARTS) is 1. The molecule has 0 aliphatic carbocycles. The number of hydrogen-bond acceptors (Lipinski definition) is 6. The maximum absolute atomic E-state index is 12.0. The summed E-state index contributed by atoms with van der Waals surface area (Å²) in [6.07, 6.45) is 2.80. The molecule has 0 spiro atoms. The SMILES string of the molecule is O=C(O)[C@H](Cc1c[nH]cn1)NC(=O)[C@@H]1C[C@H](S(=O)(=O)O)CN1. The van der Waals surface area contributed by atoms with Crippen LogP contribution in [0.1, 0.15) is 12.1 Å². The molecule has 2 rings (SSSR count). The van der Waals surface area contributed by atoms with E-state index in [2.05, 4.69) is 20.6 Å². The number of aliphatic carboxylic acids is 1. The molecule has 1 aliphatic heterocycles. The van der Waals surface area contributed by atoms with Gasteiger partial charge in [0, 0.05) is 19.2 Å². The maximum Gasteiger partial charge on any atom is 0.326 e. The summed E-state index contributed by atoms with van der Waals surface area (Å²) in [5.41, 5.74) is 0.475. The fraction of sp³-hybridized carbons (Fsp3) is 0.545. The second-order valence-electron chi connectivity index (χ2n) is 5.00. The Hall–Kier alpha value is -1.98. The molecule has 0 aromatic carbocycles. The van der Waals surface area contributed by atoms with Gasteiger partial charge in [0.25, 0.3) is 10.1 Å². The van der Waals surface area contributed by atoms with Crippen molar-refractivity contribution in [3.63, 3.8) is 0 Å². The van der Waals surface area contributed by atoms with E-state index in [4.69, 9.17) is 9.66 Å². The van der Waals surface area contributed by atoms with Crippen molar-refractivity contribution in [2.75, 3.05) is 6.54 Å². The molecule has 5 N–H and O–H groups in total. The van der Waals surface area contributed by atoms with Crippen molar-refractivity contribution in [3.8, 4) is 0 Å². The molecule has 1 fully saturated rings. The molecule has 1 aromatic heterocycles. The molecular formula is C11H16N4O6S. The lowest BCUT2D eigenvalue weighted by molar-refractivity contribution is -0.142. The Morgan fingerprint density at radius 3 is 2.73 bits per heavy atom. The maximum atomic E-state index is 12.0. The van der Waals surface area contributed by atoms with Crippen LogP contribution in [0.5, 0.6) is 0 Å². The minimum atomic E-state index is -4.23. The van der Waals surface area contributed by atoms with E-state index in [-0.39, 0.29) is 19.4 Å². The molecule has 0 bridgehead atoms. The Morgan fingerprint density at radius 1 is 1.50 bits per heavy atom. The lowest BCUT2D eigenvalue weighted by Crippen LogP contribution is -2.49. The molecule has 22 heavy (non-hydrogen) atoms. The number of aromatic amines is 1. The highest BCUT2D eigenvalue weighted by molar-refractivity contribution is 7.86. The first-order valence-corrected chi connectivity index (χ1v) is 7.98. The third kappa shape index (κ3) is 4.02. The molecule has 1 aromatic rings. The summed E-state index contributed by atoms with van der Waals surface area (Å²) in [6.45, 7) is -0.0615. The van der Waals surface area contributed by atoms with Crippen molar-refractivity contribution in [1.29, 1.82) is 0 Å². The van der Waals surface area contributed by atoms with Gasteiger partial charge in [0.1, 0.15) is 11.3 Å². The Labute approximate surface area is 126 Å². The number of imidazole rings is 1. The average Bonchev–Trinajstić information content (AvgIpc) is 3.08. The van der Waals surface area contributed by atoms with E-state index in [0.29, 0.717) is 5.69 Å². The molecule has 2 heterocycles. The second kappa shape index (κ2) is 6.42. The molecule has 10 nitrogen and oxygen atoms in total. The molecule has 0 radical (unpaired) electrons. The Morgan fingerprint density at radius 2 is 2.23 bits per heavy atom. The molecule has 0 saturated carbocycles. The van der Waals surface area contributed by atoms with Crippen molar-refractivity contribution in [1.82, 2.24) is 20.6 Å². The summed E-state index contributed by atoms with van der Waals surface area (Å²) < 4.78 is 31.0. The van der Waals surface area contributed by atoms with Gasteiger partial charge in [-0.1, -0.05) is 0 Å². The predicted molar refractivity (Wildman–Crippen MR) is 73.6 cm³/mol. The van der Waals surface area contributed by atoms with Crippen LogP contribution in [-0.2, 0) is 26.1 Å². The van der Waals surface area contributed by atoms with E-state index in [1.54, 1.807) is 0 Å². The van der Waals surface area contributed by atoms with Gasteiger partial charge >= 0.3 is 5.97 Å². The van der Waals surface area contributed by atoms with E-state index in [9.17, 15) is 18.0 Å². The van der Waals surface area contributed by atoms with E-state index < -0.39 is 39.3 Å². The summed E-state index contributed by atoms with van der Waals surface area (Å²) in [4.78, 5) is 29.8. The molecule has 1 amide bonds. The number of amides is 1. The number of aromatic nitrogens is 2. The largest absolute Gasteiger partial charge is 0.480 e. The second-order valence-corrected chi connectivity index (χ2v) is 6.69. The molecular weight excluding hydrogens is 316 g/mol. The first kappa shape index (κ1) is 16.4. The number of H-pyrrole nitrogens is 1. The zero-order valence-corrected chi connectivity index (χ0v) is 12.2. The van der Waals surface area contributed by atoms with Crippen molar-refractivity contribution < 1.29 is 27.7 Å². The fourth-order valence-corrected chi connectivity index (χ4v) is 2.96. The first-order chi connectivity index (χ1) is 10.3. The summed E-state index contributed by atoms with van der Waals surface area (Å²) in [5, 5.41) is 13.1. The van der Waals surface area contributed by atoms with E-state index in [1.807, 2.05) is 0 Å². The first-order valence-electron chi connectivity index (χ1n) is 6.48. The lowest BCUT2D eigenvalue weighted by atomic mass is 10.1. The number of nitrogens with one attached hydrogen (secondary N) is 3. The zero-order chi connectivity index (χ0) is 16.3. The van der Waals surface area contributed by atoms with Gasteiger partial charge in [-0.05, 0) is 6.42 Å². The van der Waals surface area contributed by atoms with Crippen LogP contribution in [0.2, 0.25) is 0 Å². The van der Waals surface area contributed by atoms with Gasteiger partial charge in [0.15, 0.2) is 0 Å². The van der Waals surface area contributed by atoms with Crippen LogP contribution in [0.15, 0.2) is 12.5 Å². The molecule has 0 unspecified atom stereocenters. The normalized spacial score (nSPS) is 23.1. The number of carboxylic acids is 1. The molecule has 3 atom stereocenters. The minimum Gasteiger partial charge on any atom is -0.480 e. The van der Waals surface area contributed by atoms with Crippen molar-refractivity contribution in [3.05, 3.63) is 18.2 Å². The standard InChI is InChI=1S/C11H16N4O6S/c16-10(8-2-7(4-13-8)22(19,20)21)15-9(11(17)18)1-6-3-12-5-14-6/h3,5,7-9,13H,1-2,4H2,(H,12,14)(H,15,16)(H,17,18)(H,19,20,21)/t7-,8-,9-/m0/s1. The molecule has 1 aliphatic rings. The summed E-state index contributed by atoms with van der Waals surface area (Å²) in [5.74, 6) is -1.85. The van der Waals surface area contributed by atoms with E-state index >= 15 is 0 Å². The Bertz CT molecular complexity index is 644. The van der Waals surface area contributed by atoms with Crippen LogP contribution in [0, 0.1) is 0 Å². The summed E-state index contributed by atoms with van der Waals surface area (Å²) >= 11 is 0. The van der Waals surface area contributed by atoms with E-state index in [1.165, 1.54) is 12.5 Å². The highest BCUT2D eigenvalue weighted by Gasteiger charge is 2.37. The Kier molecular flexibility index (Phi) is 4.78. The van der Waals surface area contributed by atoms with Gasteiger partial charge in [-0.3, -0.25) is 9.35 Å². The zero-order valence-electron chi connectivity index (χ0n) is 11.4. The number of carbonyl (C=O) groups is 2. The number of rotatable bonds is 6. The van der Waals surface area contributed by atoms with E-state index in [0.717, 1.165) is 0 Å². The predicted octanol–water partition coefficient (Wildman–Crippen LogP) is -1.86. The smallest absolute Gasteiger partial charge is 0.326 e. The molecule has 122 valence electrons. The van der Waals surface area contributed by atoms with Crippen LogP contribution in [0.25, 0.3) is 0 Å². The third-order valence-electron chi connectivity index (χ3n) is 3.41. The van der Waals surface area contributed by atoms with Gasteiger partial charge < -0.3 is 20.7 Å². The number of nitrogens with zero attached hydrogens (tertiary/aromatic N) is 1. The topological polar surface area (TPSA) is 161 Å². The molecule has 1 saturated heterocycles. The summed E-state index contributed by atoms with van der Waals surface area (Å²) in [6, 6.07) is -2.05. The van der Waals surface area contributed by atoms with Gasteiger partial charge in [-0.15, -0.1) is 0 Å². The summed E-state index contributed by atoms with van der Waals surface area (Å²) in [7, 11) is -4.23. The van der Waals surface area contributed by atoms with Crippen LogP contribution in [-0.4, -0.2) is 63.8 Å². The highest BCUT2D eigenvalue weighted by atomic mass is 32.2. The number of hydrogen-bond donors (Lipinski definition) is 5. The van der Waals surface area contributed by atoms with Crippen LogP contribution in [0.4, 0.5) is 0 Å². The van der Waals surface area contributed by atoms with Gasteiger partial charge in [-0.25, -0.2) is 9.78 Å². The van der Waals surface area contributed by atoms with Crippen molar-refractivity contribution in [2.24, 2.45) is 0 Å². The van der Waals surface area contributed by atoms with Crippen molar-refractivity contribution >= 4 is 22.0 Å². The average molecular weight is 332 g/mol. The fourth-order valence-electron chi connectivity index (χ4n) is 2.21. The monoisotopic (exact) mass is 332 g/mol.